The molecule has 3 nitrogen and oxygen atoms in total. The summed E-state index contributed by atoms with van der Waals surface area (Å²) in [7, 11) is 0. The molecule has 2 N–H and O–H groups in total. The number of aromatic amines is 1. The topological polar surface area (TPSA) is 40.7 Å². The van der Waals surface area contributed by atoms with Crippen LogP contribution in [0.2, 0.25) is 0 Å². The van der Waals surface area contributed by atoms with Crippen molar-refractivity contribution in [3.63, 3.8) is 0 Å². The van der Waals surface area contributed by atoms with Gasteiger partial charge in [-0.15, -0.1) is 0 Å². The Morgan fingerprint density at radius 2 is 2.45 bits per heavy atom. The number of halogens is 2. The fourth-order valence-electron chi connectivity index (χ4n) is 0.979. The smallest absolute Gasteiger partial charge is 0.156 e. The Bertz CT molecular complexity index is 269. The molecule has 0 amide bonds. The zero-order valence-electron chi connectivity index (χ0n) is 5.69. The molecule has 0 saturated heterocycles. The van der Waals surface area contributed by atoms with Crippen molar-refractivity contribution in [1.82, 2.24) is 10.2 Å². The van der Waals surface area contributed by atoms with Crippen molar-refractivity contribution < 1.29 is 4.39 Å². The van der Waals surface area contributed by atoms with Crippen LogP contribution in [0.5, 0.6) is 0 Å². The van der Waals surface area contributed by atoms with Gasteiger partial charge >= 0.3 is 0 Å². The molecule has 0 spiro atoms. The van der Waals surface area contributed by atoms with Gasteiger partial charge in [0.05, 0.1) is 28.6 Å². The van der Waals surface area contributed by atoms with E-state index in [9.17, 15) is 4.39 Å². The summed E-state index contributed by atoms with van der Waals surface area (Å²) >= 11 is 1.96. The molecule has 5 heteroatoms. The SMILES string of the molecule is FC1(c2cc(NI)n[nH]2)CC1. The number of hydrogen-bond donors (Lipinski definition) is 2. The standard InChI is InChI=1S/C6H7FIN3/c7-6(1-2-6)4-3-5(9-8)11-10-4/h3H,1-2H2,(H2,9,10,11). The van der Waals surface area contributed by atoms with Crippen LogP contribution in [0, 0.1) is 0 Å². The second kappa shape index (κ2) is 2.33. The molecule has 1 heterocycles. The van der Waals surface area contributed by atoms with Crippen LogP contribution < -0.4 is 3.53 Å². The lowest BCUT2D eigenvalue weighted by molar-refractivity contribution is 0.309. The van der Waals surface area contributed by atoms with Gasteiger partial charge in [-0.3, -0.25) is 5.10 Å². The quantitative estimate of drug-likeness (QED) is 0.636. The van der Waals surface area contributed by atoms with Crippen LogP contribution in [0.1, 0.15) is 18.5 Å². The van der Waals surface area contributed by atoms with Crippen LogP contribution in [-0.4, -0.2) is 10.2 Å². The normalized spacial score (nSPS) is 19.8. The fourth-order valence-corrected chi connectivity index (χ4v) is 1.26. The van der Waals surface area contributed by atoms with Gasteiger partial charge in [0.25, 0.3) is 0 Å². The first-order valence-electron chi connectivity index (χ1n) is 3.36. The summed E-state index contributed by atoms with van der Waals surface area (Å²) in [4.78, 5) is 0. The minimum Gasteiger partial charge on any atom is -0.312 e. The van der Waals surface area contributed by atoms with Crippen molar-refractivity contribution in [1.29, 1.82) is 0 Å². The lowest BCUT2D eigenvalue weighted by atomic mass is 10.2. The zero-order valence-corrected chi connectivity index (χ0v) is 7.85. The van der Waals surface area contributed by atoms with Crippen LogP contribution in [0.4, 0.5) is 10.2 Å². The summed E-state index contributed by atoms with van der Waals surface area (Å²) in [5, 5.41) is 6.52. The maximum absolute atomic E-state index is 13.3. The lowest BCUT2D eigenvalue weighted by Crippen LogP contribution is -1.96. The molecule has 1 aromatic heterocycles. The summed E-state index contributed by atoms with van der Waals surface area (Å²) in [5.74, 6) is 0.685. The van der Waals surface area contributed by atoms with Gasteiger partial charge in [-0.2, -0.15) is 5.10 Å². The van der Waals surface area contributed by atoms with Gasteiger partial charge in [-0.05, 0) is 12.8 Å². The molecular weight excluding hydrogens is 260 g/mol. The Balaban J connectivity index is 2.25. The largest absolute Gasteiger partial charge is 0.312 e. The summed E-state index contributed by atoms with van der Waals surface area (Å²) < 4.78 is 16.1. The van der Waals surface area contributed by atoms with Crippen LogP contribution in [0.15, 0.2) is 6.07 Å². The number of rotatable bonds is 2. The number of anilines is 1. The highest BCUT2D eigenvalue weighted by atomic mass is 127. The zero-order chi connectivity index (χ0) is 7.90. The van der Waals surface area contributed by atoms with Crippen LogP contribution in [0.3, 0.4) is 0 Å². The fraction of sp³-hybridized carbons (Fsp3) is 0.500. The molecule has 0 aliphatic heterocycles. The van der Waals surface area contributed by atoms with Gasteiger partial charge in [0.2, 0.25) is 0 Å². The number of hydrogen-bond acceptors (Lipinski definition) is 2. The monoisotopic (exact) mass is 267 g/mol. The molecule has 1 aliphatic carbocycles. The lowest BCUT2D eigenvalue weighted by Gasteiger charge is -1.96. The number of aromatic nitrogens is 2. The first-order chi connectivity index (χ1) is 5.24. The van der Waals surface area contributed by atoms with E-state index in [1.165, 1.54) is 0 Å². The molecule has 60 valence electrons. The molecule has 1 aliphatic rings. The predicted molar refractivity (Wildman–Crippen MR) is 48.3 cm³/mol. The third kappa shape index (κ3) is 1.21. The van der Waals surface area contributed by atoms with E-state index < -0.39 is 5.67 Å². The van der Waals surface area contributed by atoms with Gasteiger partial charge in [0, 0.05) is 6.07 Å². The van der Waals surface area contributed by atoms with E-state index in [-0.39, 0.29) is 0 Å². The van der Waals surface area contributed by atoms with Crippen molar-refractivity contribution in [3.8, 4) is 0 Å². The molecule has 0 aromatic carbocycles. The summed E-state index contributed by atoms with van der Waals surface area (Å²) in [6.07, 6.45) is 1.24. The minimum absolute atomic E-state index is 0.594. The van der Waals surface area contributed by atoms with Crippen molar-refractivity contribution in [2.24, 2.45) is 0 Å². The molecule has 0 atom stereocenters. The van der Waals surface area contributed by atoms with Gasteiger partial charge in [-0.25, -0.2) is 4.39 Å². The Morgan fingerprint density at radius 1 is 1.73 bits per heavy atom. The molecule has 0 radical (unpaired) electrons. The Labute approximate surface area is 77.3 Å². The van der Waals surface area contributed by atoms with Crippen molar-refractivity contribution in [2.75, 3.05) is 3.53 Å². The average molecular weight is 267 g/mol. The average Bonchev–Trinajstić information content (AvgIpc) is 2.61. The number of alkyl halides is 1. The molecule has 0 bridgehead atoms. The molecule has 0 unspecified atom stereocenters. The second-order valence-corrected chi connectivity index (χ2v) is 3.27. The minimum atomic E-state index is -1.10. The summed E-state index contributed by atoms with van der Waals surface area (Å²) in [6.45, 7) is 0. The molecule has 11 heavy (non-hydrogen) atoms. The van der Waals surface area contributed by atoms with Crippen molar-refractivity contribution in [3.05, 3.63) is 11.8 Å². The highest BCUT2D eigenvalue weighted by molar-refractivity contribution is 14.1. The summed E-state index contributed by atoms with van der Waals surface area (Å²) in [5.41, 5.74) is -0.504. The first-order valence-corrected chi connectivity index (χ1v) is 4.44. The second-order valence-electron chi connectivity index (χ2n) is 2.73. The van der Waals surface area contributed by atoms with Crippen molar-refractivity contribution in [2.45, 2.75) is 18.5 Å². The Morgan fingerprint density at radius 3 is 2.91 bits per heavy atom. The van der Waals surface area contributed by atoms with E-state index >= 15 is 0 Å². The molecule has 2 rings (SSSR count). The van der Waals surface area contributed by atoms with E-state index in [1.807, 2.05) is 22.9 Å². The highest BCUT2D eigenvalue weighted by Crippen LogP contribution is 2.49. The molecular formula is C6H7FIN3. The van der Waals surface area contributed by atoms with Crippen molar-refractivity contribution >= 4 is 28.7 Å². The first kappa shape index (κ1) is 7.33. The van der Waals surface area contributed by atoms with Crippen LogP contribution in [-0.2, 0) is 5.67 Å². The Hall–Kier alpha value is -0.330. The third-order valence-electron chi connectivity index (χ3n) is 1.85. The van der Waals surface area contributed by atoms with E-state index in [0.717, 1.165) is 0 Å². The highest BCUT2D eigenvalue weighted by Gasteiger charge is 2.46. The van der Waals surface area contributed by atoms with Gasteiger partial charge < -0.3 is 3.53 Å². The van der Waals surface area contributed by atoms with Gasteiger partial charge in [0.1, 0.15) is 0 Å². The van der Waals surface area contributed by atoms with Gasteiger partial charge in [-0.1, -0.05) is 0 Å². The predicted octanol–water partition coefficient (Wildman–Crippen LogP) is 2.13. The third-order valence-corrected chi connectivity index (χ3v) is 2.40. The molecule has 1 saturated carbocycles. The molecule has 1 fully saturated rings. The number of H-pyrrole nitrogens is 1. The van der Waals surface area contributed by atoms with E-state index in [1.54, 1.807) is 6.07 Å². The molecule has 1 aromatic rings. The maximum atomic E-state index is 13.3. The Kier molecular flexibility index (Phi) is 1.55. The maximum Gasteiger partial charge on any atom is 0.156 e. The summed E-state index contributed by atoms with van der Waals surface area (Å²) in [6, 6.07) is 1.71. The van der Waals surface area contributed by atoms with Crippen LogP contribution in [0.25, 0.3) is 0 Å². The van der Waals surface area contributed by atoms with E-state index in [0.29, 0.717) is 24.4 Å². The van der Waals surface area contributed by atoms with Gasteiger partial charge in [0.15, 0.2) is 11.5 Å². The number of nitrogens with zero attached hydrogens (tertiary/aromatic N) is 1. The van der Waals surface area contributed by atoms with E-state index in [2.05, 4.69) is 13.7 Å². The van der Waals surface area contributed by atoms with Crippen LogP contribution >= 0.6 is 22.9 Å². The number of nitrogens with one attached hydrogen (secondary N) is 2. The van der Waals surface area contributed by atoms with E-state index in [4.69, 9.17) is 0 Å².